The van der Waals surface area contributed by atoms with Crippen LogP contribution in [0.3, 0.4) is 0 Å². The van der Waals surface area contributed by atoms with E-state index in [4.69, 9.17) is 15.2 Å². The number of benzene rings is 1. The van der Waals surface area contributed by atoms with Gasteiger partial charge in [0.2, 0.25) is 0 Å². The highest BCUT2D eigenvalue weighted by Crippen LogP contribution is 2.13. The van der Waals surface area contributed by atoms with Crippen molar-refractivity contribution in [2.45, 2.75) is 39.7 Å². The second-order valence-electron chi connectivity index (χ2n) is 5.78. The molecule has 0 bridgehead atoms. The number of primary amides is 1. The number of hydrogen-bond acceptors (Lipinski definition) is 5. The molecule has 7 heteroatoms. The monoisotopic (exact) mass is 336 g/mol. The molecule has 24 heavy (non-hydrogen) atoms. The van der Waals surface area contributed by atoms with Crippen LogP contribution in [-0.4, -0.2) is 30.6 Å². The van der Waals surface area contributed by atoms with Gasteiger partial charge >= 0.3 is 12.0 Å². The van der Waals surface area contributed by atoms with E-state index in [0.29, 0.717) is 13.0 Å². The number of esters is 1. The highest BCUT2D eigenvalue weighted by Gasteiger charge is 2.27. The van der Waals surface area contributed by atoms with E-state index in [-0.39, 0.29) is 12.3 Å². The summed E-state index contributed by atoms with van der Waals surface area (Å²) in [6.45, 7) is 5.74. The first-order chi connectivity index (χ1) is 11.3. The molecule has 1 rings (SSSR count). The Bertz CT molecular complexity index is 586. The van der Waals surface area contributed by atoms with E-state index in [1.807, 2.05) is 36.5 Å². The summed E-state index contributed by atoms with van der Waals surface area (Å²) in [7, 11) is 0. The minimum atomic E-state index is -1.05. The lowest BCUT2D eigenvalue weighted by molar-refractivity contribution is -0.158. The molecule has 0 aliphatic heterocycles. The average molecular weight is 336 g/mol. The highest BCUT2D eigenvalue weighted by atomic mass is 16.5. The van der Waals surface area contributed by atoms with E-state index in [2.05, 4.69) is 0 Å². The molecule has 0 heterocycles. The van der Waals surface area contributed by atoms with Crippen molar-refractivity contribution in [1.29, 1.82) is 0 Å². The van der Waals surface area contributed by atoms with Crippen molar-refractivity contribution in [2.24, 2.45) is 11.7 Å². The van der Waals surface area contributed by atoms with Crippen LogP contribution in [0.25, 0.3) is 0 Å². The first kappa shape index (κ1) is 19.5. The van der Waals surface area contributed by atoms with Gasteiger partial charge in [-0.05, 0) is 37.0 Å². The molecule has 3 amide bonds. The number of rotatable bonds is 8. The predicted octanol–water partition coefficient (Wildman–Crippen LogP) is 1.92. The quantitative estimate of drug-likeness (QED) is 0.557. The molecule has 1 aromatic rings. The number of carbonyl (C=O) groups excluding carboxylic acids is 3. The van der Waals surface area contributed by atoms with Crippen LogP contribution in [0, 0.1) is 12.8 Å². The van der Waals surface area contributed by atoms with E-state index in [9.17, 15) is 14.4 Å². The molecule has 0 aliphatic carbocycles. The third kappa shape index (κ3) is 7.13. The van der Waals surface area contributed by atoms with Gasteiger partial charge in [-0.1, -0.05) is 26.0 Å². The van der Waals surface area contributed by atoms with Crippen LogP contribution in [0.15, 0.2) is 24.3 Å². The van der Waals surface area contributed by atoms with E-state index < -0.39 is 24.0 Å². The van der Waals surface area contributed by atoms with Gasteiger partial charge in [-0.15, -0.1) is 0 Å². The van der Waals surface area contributed by atoms with Crippen LogP contribution in [0.4, 0.5) is 4.79 Å². The van der Waals surface area contributed by atoms with Gasteiger partial charge in [-0.2, -0.15) is 0 Å². The molecule has 1 aromatic carbocycles. The first-order valence-corrected chi connectivity index (χ1v) is 7.79. The van der Waals surface area contributed by atoms with Crippen molar-refractivity contribution in [3.05, 3.63) is 29.8 Å². The van der Waals surface area contributed by atoms with Gasteiger partial charge in [0.25, 0.3) is 5.91 Å². The molecule has 1 atom stereocenters. The zero-order valence-corrected chi connectivity index (χ0v) is 14.2. The molecule has 0 fully saturated rings. The third-order valence-corrected chi connectivity index (χ3v) is 3.15. The highest BCUT2D eigenvalue weighted by molar-refractivity contribution is 5.96. The number of ether oxygens (including phenoxy) is 2. The van der Waals surface area contributed by atoms with Crippen LogP contribution in [0.5, 0.6) is 5.75 Å². The number of hydrogen-bond donors (Lipinski definition) is 2. The Balaban J connectivity index is 2.38. The maximum absolute atomic E-state index is 11.8. The Morgan fingerprint density at radius 1 is 1.25 bits per heavy atom. The number of nitrogens with two attached hydrogens (primary N) is 1. The third-order valence-electron chi connectivity index (χ3n) is 3.15. The van der Waals surface area contributed by atoms with Crippen molar-refractivity contribution < 1.29 is 23.9 Å². The SMILES string of the molecule is Cc1cccc(OCCCC(=O)O[C@@H](C(=O)NC(N)=O)C(C)C)c1. The lowest BCUT2D eigenvalue weighted by atomic mass is 10.1. The van der Waals surface area contributed by atoms with Crippen molar-refractivity contribution in [1.82, 2.24) is 5.32 Å². The zero-order chi connectivity index (χ0) is 18.1. The van der Waals surface area contributed by atoms with Crippen LogP contribution in [-0.2, 0) is 14.3 Å². The molecular formula is C17H24N2O5. The van der Waals surface area contributed by atoms with Crippen molar-refractivity contribution in [3.63, 3.8) is 0 Å². The number of nitrogens with one attached hydrogen (secondary N) is 1. The molecule has 0 radical (unpaired) electrons. The van der Waals surface area contributed by atoms with Gasteiger partial charge in [-0.3, -0.25) is 14.9 Å². The Hall–Kier alpha value is -2.57. The van der Waals surface area contributed by atoms with Crippen molar-refractivity contribution in [3.8, 4) is 5.75 Å². The fourth-order valence-corrected chi connectivity index (χ4v) is 2.00. The number of amides is 3. The number of carbonyl (C=O) groups is 3. The molecule has 0 saturated heterocycles. The second kappa shape index (κ2) is 9.54. The molecule has 3 N–H and O–H groups in total. The topological polar surface area (TPSA) is 108 Å². The molecule has 0 saturated carbocycles. The Morgan fingerprint density at radius 2 is 1.96 bits per heavy atom. The normalized spacial score (nSPS) is 11.7. The molecule has 7 nitrogen and oxygen atoms in total. The van der Waals surface area contributed by atoms with Crippen molar-refractivity contribution in [2.75, 3.05) is 6.61 Å². The van der Waals surface area contributed by atoms with Gasteiger partial charge in [0.1, 0.15) is 5.75 Å². The summed E-state index contributed by atoms with van der Waals surface area (Å²) in [5.74, 6) is -0.788. The summed E-state index contributed by atoms with van der Waals surface area (Å²) in [6.07, 6.45) is -0.490. The van der Waals surface area contributed by atoms with Gasteiger partial charge in [0, 0.05) is 6.42 Å². The minimum absolute atomic E-state index is 0.110. The molecule has 0 spiro atoms. The number of aryl methyl sites for hydroxylation is 1. The van der Waals surface area contributed by atoms with Gasteiger partial charge in [0.15, 0.2) is 6.10 Å². The predicted molar refractivity (Wildman–Crippen MR) is 88.4 cm³/mol. The summed E-state index contributed by atoms with van der Waals surface area (Å²) in [5, 5.41) is 1.92. The fraction of sp³-hybridized carbons (Fsp3) is 0.471. The van der Waals surface area contributed by atoms with Gasteiger partial charge in [-0.25, -0.2) is 4.79 Å². The average Bonchev–Trinajstić information content (AvgIpc) is 2.48. The molecular weight excluding hydrogens is 312 g/mol. The smallest absolute Gasteiger partial charge is 0.318 e. The fourth-order valence-electron chi connectivity index (χ4n) is 2.00. The zero-order valence-electron chi connectivity index (χ0n) is 14.2. The number of urea groups is 1. The molecule has 0 aliphatic rings. The summed E-state index contributed by atoms with van der Waals surface area (Å²) in [4.78, 5) is 34.3. The summed E-state index contributed by atoms with van der Waals surface area (Å²) in [6, 6.07) is 6.63. The Kier molecular flexibility index (Phi) is 7.74. The number of imide groups is 1. The maximum Gasteiger partial charge on any atom is 0.318 e. The summed E-state index contributed by atoms with van der Waals surface area (Å²) < 4.78 is 10.7. The van der Waals surface area contributed by atoms with Crippen LogP contribution < -0.4 is 15.8 Å². The van der Waals surface area contributed by atoms with Crippen LogP contribution in [0.2, 0.25) is 0 Å². The van der Waals surface area contributed by atoms with E-state index in [0.717, 1.165) is 11.3 Å². The van der Waals surface area contributed by atoms with E-state index in [1.54, 1.807) is 13.8 Å². The van der Waals surface area contributed by atoms with Crippen LogP contribution in [0.1, 0.15) is 32.3 Å². The molecule has 0 unspecified atom stereocenters. The van der Waals surface area contributed by atoms with Gasteiger partial charge in [0.05, 0.1) is 6.61 Å². The van der Waals surface area contributed by atoms with Gasteiger partial charge < -0.3 is 15.2 Å². The lowest BCUT2D eigenvalue weighted by Gasteiger charge is -2.19. The van der Waals surface area contributed by atoms with E-state index in [1.165, 1.54) is 0 Å². The van der Waals surface area contributed by atoms with E-state index >= 15 is 0 Å². The Morgan fingerprint density at radius 3 is 2.54 bits per heavy atom. The largest absolute Gasteiger partial charge is 0.494 e. The lowest BCUT2D eigenvalue weighted by Crippen LogP contribution is -2.45. The standard InChI is InChI=1S/C17H24N2O5/c1-11(2)15(16(21)19-17(18)22)24-14(20)8-5-9-23-13-7-4-6-12(3)10-13/h4,6-7,10-11,15H,5,8-9H2,1-3H3,(H3,18,19,21,22)/t15-/m1/s1. The molecule has 132 valence electrons. The van der Waals surface area contributed by atoms with Crippen molar-refractivity contribution >= 4 is 17.9 Å². The van der Waals surface area contributed by atoms with Crippen LogP contribution >= 0.6 is 0 Å². The Labute approximate surface area is 141 Å². The summed E-state index contributed by atoms with van der Waals surface area (Å²) in [5.41, 5.74) is 5.99. The minimum Gasteiger partial charge on any atom is -0.494 e. The summed E-state index contributed by atoms with van der Waals surface area (Å²) >= 11 is 0. The first-order valence-electron chi connectivity index (χ1n) is 7.79. The molecule has 0 aromatic heterocycles. The second-order valence-corrected chi connectivity index (χ2v) is 5.78. The maximum atomic E-state index is 11.8.